The van der Waals surface area contributed by atoms with E-state index >= 15 is 0 Å². The molecule has 0 saturated carbocycles. The molecule has 1 atom stereocenters. The number of nitrogens with one attached hydrogen (secondary N) is 1. The van der Waals surface area contributed by atoms with Crippen molar-refractivity contribution in [3.8, 4) is 0 Å². The van der Waals surface area contributed by atoms with Gasteiger partial charge in [0.25, 0.3) is 0 Å². The minimum atomic E-state index is 0.463. The van der Waals surface area contributed by atoms with E-state index in [0.717, 1.165) is 0 Å². The zero-order valence-electron chi connectivity index (χ0n) is 13.6. The van der Waals surface area contributed by atoms with Gasteiger partial charge >= 0.3 is 0 Å². The van der Waals surface area contributed by atoms with E-state index in [9.17, 15) is 0 Å². The van der Waals surface area contributed by atoms with Crippen molar-refractivity contribution in [1.29, 1.82) is 0 Å². The summed E-state index contributed by atoms with van der Waals surface area (Å²) >= 11 is 0. The first kappa shape index (κ1) is 17.0. The van der Waals surface area contributed by atoms with Gasteiger partial charge in [-0.05, 0) is 19.8 Å². The summed E-state index contributed by atoms with van der Waals surface area (Å²) in [5.41, 5.74) is 0.463. The van der Waals surface area contributed by atoms with Crippen molar-refractivity contribution in [1.82, 2.24) is 10.2 Å². The van der Waals surface area contributed by atoms with Gasteiger partial charge in [-0.25, -0.2) is 0 Å². The summed E-state index contributed by atoms with van der Waals surface area (Å²) in [5, 5.41) is 3.49. The summed E-state index contributed by atoms with van der Waals surface area (Å²) in [5.74, 6) is 0. The molecule has 0 aromatic carbocycles. The van der Waals surface area contributed by atoms with Gasteiger partial charge in [-0.1, -0.05) is 58.8 Å². The van der Waals surface area contributed by atoms with Crippen molar-refractivity contribution in [3.05, 3.63) is 0 Å². The Bertz CT molecular complexity index is 211. The molecule has 0 amide bonds. The third-order valence-electron chi connectivity index (χ3n) is 4.77. The van der Waals surface area contributed by atoms with Gasteiger partial charge in [0.1, 0.15) is 0 Å². The molecule has 1 unspecified atom stereocenters. The number of unbranched alkanes of at least 4 members (excludes halogenated alkanes) is 5. The third-order valence-corrected chi connectivity index (χ3v) is 4.77. The lowest BCUT2D eigenvalue weighted by Gasteiger charge is -2.44. The smallest absolute Gasteiger partial charge is 0.0182 e. The van der Waals surface area contributed by atoms with Crippen LogP contribution in [0.3, 0.4) is 0 Å². The van der Waals surface area contributed by atoms with Crippen LogP contribution in [0.15, 0.2) is 0 Å². The van der Waals surface area contributed by atoms with Crippen LogP contribution in [0.2, 0.25) is 0 Å². The second-order valence-electron chi connectivity index (χ2n) is 6.50. The molecule has 19 heavy (non-hydrogen) atoms. The number of piperazine rings is 1. The average molecular weight is 268 g/mol. The van der Waals surface area contributed by atoms with Crippen LogP contribution < -0.4 is 5.32 Å². The van der Waals surface area contributed by atoms with Crippen LogP contribution in [0.5, 0.6) is 0 Å². The van der Waals surface area contributed by atoms with E-state index in [1.54, 1.807) is 0 Å². The Kier molecular flexibility index (Phi) is 8.72. The predicted molar refractivity (Wildman–Crippen MR) is 85.7 cm³/mol. The second-order valence-corrected chi connectivity index (χ2v) is 6.50. The number of hydrogen-bond acceptors (Lipinski definition) is 2. The SMILES string of the molecule is CCCCCCC(C)(CCCCC)N1CCNCC1. The Morgan fingerprint density at radius 3 is 1.95 bits per heavy atom. The van der Waals surface area contributed by atoms with E-state index in [-0.39, 0.29) is 0 Å². The first-order chi connectivity index (χ1) is 9.23. The zero-order valence-corrected chi connectivity index (χ0v) is 13.6. The fraction of sp³-hybridized carbons (Fsp3) is 1.00. The highest BCUT2D eigenvalue weighted by molar-refractivity contribution is 4.88. The number of rotatable bonds is 10. The quantitative estimate of drug-likeness (QED) is 0.597. The summed E-state index contributed by atoms with van der Waals surface area (Å²) in [7, 11) is 0. The lowest BCUT2D eigenvalue weighted by Crippen LogP contribution is -2.54. The second kappa shape index (κ2) is 9.77. The number of hydrogen-bond donors (Lipinski definition) is 1. The van der Waals surface area contributed by atoms with E-state index < -0.39 is 0 Å². The van der Waals surface area contributed by atoms with Crippen molar-refractivity contribution in [2.24, 2.45) is 0 Å². The molecule has 114 valence electrons. The van der Waals surface area contributed by atoms with Gasteiger partial charge in [0.15, 0.2) is 0 Å². The van der Waals surface area contributed by atoms with Gasteiger partial charge in [-0.2, -0.15) is 0 Å². The van der Waals surface area contributed by atoms with Crippen molar-refractivity contribution in [2.45, 2.75) is 84.1 Å². The molecule has 1 aliphatic rings. The monoisotopic (exact) mass is 268 g/mol. The van der Waals surface area contributed by atoms with Gasteiger partial charge < -0.3 is 5.32 Å². The zero-order chi connectivity index (χ0) is 14.0. The van der Waals surface area contributed by atoms with E-state index in [2.05, 4.69) is 31.0 Å². The van der Waals surface area contributed by atoms with Gasteiger partial charge in [0.05, 0.1) is 0 Å². The van der Waals surface area contributed by atoms with E-state index in [1.165, 1.54) is 84.0 Å². The van der Waals surface area contributed by atoms with Crippen LogP contribution in [0, 0.1) is 0 Å². The predicted octanol–water partition coefficient (Wildman–Crippen LogP) is 4.20. The molecule has 1 aliphatic heterocycles. The molecule has 2 heteroatoms. The Hall–Kier alpha value is -0.0800. The highest BCUT2D eigenvalue weighted by atomic mass is 15.2. The molecule has 1 rings (SSSR count). The fourth-order valence-electron chi connectivity index (χ4n) is 3.33. The van der Waals surface area contributed by atoms with Gasteiger partial charge in [0, 0.05) is 31.7 Å². The molecule has 1 fully saturated rings. The van der Waals surface area contributed by atoms with Crippen molar-refractivity contribution in [2.75, 3.05) is 26.2 Å². The molecule has 0 aromatic heterocycles. The minimum absolute atomic E-state index is 0.463. The largest absolute Gasteiger partial charge is 0.314 e. The van der Waals surface area contributed by atoms with Crippen molar-refractivity contribution in [3.63, 3.8) is 0 Å². The molecule has 0 spiro atoms. The highest BCUT2D eigenvalue weighted by Crippen LogP contribution is 2.29. The Balaban J connectivity index is 2.44. The summed E-state index contributed by atoms with van der Waals surface area (Å²) in [6.45, 7) is 12.0. The van der Waals surface area contributed by atoms with Gasteiger partial charge in [-0.15, -0.1) is 0 Å². The molecule has 2 nitrogen and oxygen atoms in total. The van der Waals surface area contributed by atoms with Crippen molar-refractivity contribution >= 4 is 0 Å². The maximum atomic E-state index is 3.49. The molecule has 0 aliphatic carbocycles. The highest BCUT2D eigenvalue weighted by Gasteiger charge is 2.31. The molecule has 0 radical (unpaired) electrons. The molecule has 1 saturated heterocycles. The summed E-state index contributed by atoms with van der Waals surface area (Å²) < 4.78 is 0. The standard InChI is InChI=1S/C17H36N2/c1-4-6-8-10-12-17(3,11-9-7-5-2)19-15-13-18-14-16-19/h18H,4-16H2,1-3H3. The normalized spacial score (nSPS) is 20.4. The van der Waals surface area contributed by atoms with Crippen LogP contribution in [-0.2, 0) is 0 Å². The average Bonchev–Trinajstić information content (AvgIpc) is 2.45. The maximum absolute atomic E-state index is 3.49. The molecular weight excluding hydrogens is 232 g/mol. The van der Waals surface area contributed by atoms with E-state index in [0.29, 0.717) is 5.54 Å². The van der Waals surface area contributed by atoms with Crippen LogP contribution in [-0.4, -0.2) is 36.6 Å². The molecule has 0 bridgehead atoms. The molecular formula is C17H36N2. The Morgan fingerprint density at radius 1 is 0.842 bits per heavy atom. The van der Waals surface area contributed by atoms with Crippen LogP contribution in [0.1, 0.15) is 78.6 Å². The molecule has 1 heterocycles. The van der Waals surface area contributed by atoms with Crippen molar-refractivity contribution < 1.29 is 0 Å². The first-order valence-electron chi connectivity index (χ1n) is 8.68. The topological polar surface area (TPSA) is 15.3 Å². The lowest BCUT2D eigenvalue weighted by molar-refractivity contribution is 0.0674. The summed E-state index contributed by atoms with van der Waals surface area (Å²) in [6.07, 6.45) is 12.5. The van der Waals surface area contributed by atoms with Crippen LogP contribution in [0.25, 0.3) is 0 Å². The maximum Gasteiger partial charge on any atom is 0.0182 e. The van der Waals surface area contributed by atoms with Crippen LogP contribution >= 0.6 is 0 Å². The van der Waals surface area contributed by atoms with Gasteiger partial charge in [0.2, 0.25) is 0 Å². The summed E-state index contributed by atoms with van der Waals surface area (Å²) in [4.78, 5) is 2.77. The molecule has 1 N–H and O–H groups in total. The van der Waals surface area contributed by atoms with E-state index in [4.69, 9.17) is 0 Å². The number of nitrogens with zero attached hydrogens (tertiary/aromatic N) is 1. The first-order valence-corrected chi connectivity index (χ1v) is 8.68. The lowest BCUT2D eigenvalue weighted by atomic mass is 9.86. The van der Waals surface area contributed by atoms with Gasteiger partial charge in [-0.3, -0.25) is 4.90 Å². The summed E-state index contributed by atoms with van der Waals surface area (Å²) in [6, 6.07) is 0. The molecule has 0 aromatic rings. The fourth-order valence-corrected chi connectivity index (χ4v) is 3.33. The van der Waals surface area contributed by atoms with E-state index in [1.807, 2.05) is 0 Å². The Morgan fingerprint density at radius 2 is 1.37 bits per heavy atom. The minimum Gasteiger partial charge on any atom is -0.314 e. The van der Waals surface area contributed by atoms with Crippen LogP contribution in [0.4, 0.5) is 0 Å². The Labute approximate surface area is 121 Å². The third kappa shape index (κ3) is 6.27.